The lowest BCUT2D eigenvalue weighted by molar-refractivity contribution is 0.622. The third-order valence-corrected chi connectivity index (χ3v) is 8.75. The second-order valence-electron chi connectivity index (χ2n) is 11.7. The number of allylic oxidation sites excluding steroid dienone is 2. The molecule has 3 heterocycles. The molecule has 0 saturated heterocycles. The number of hydrogen-bond acceptors (Lipinski definition) is 5. The van der Waals surface area contributed by atoms with Crippen molar-refractivity contribution in [3.8, 4) is 56.4 Å². The molecule has 0 amide bonds. The molecular weight excluding hydrogens is 576 g/mol. The van der Waals surface area contributed by atoms with Gasteiger partial charge in [0.25, 0.3) is 0 Å². The molecule has 0 fully saturated rings. The van der Waals surface area contributed by atoms with Gasteiger partial charge >= 0.3 is 0 Å². The Bertz CT molecular complexity index is 2350. The van der Waals surface area contributed by atoms with E-state index in [9.17, 15) is 0 Å². The number of nitrogens with zero attached hydrogens (tertiary/aromatic N) is 3. The van der Waals surface area contributed by atoms with Gasteiger partial charge in [-0.3, -0.25) is 0 Å². The number of anilines is 1. The van der Waals surface area contributed by atoms with Crippen molar-refractivity contribution in [1.82, 2.24) is 15.0 Å². The molecule has 0 saturated carbocycles. The first-order valence-electron chi connectivity index (χ1n) is 15.7. The van der Waals surface area contributed by atoms with Crippen LogP contribution in [-0.2, 0) is 0 Å². The molecule has 0 radical (unpaired) electrons. The second kappa shape index (κ2) is 11.2. The van der Waals surface area contributed by atoms with E-state index in [0.29, 0.717) is 17.5 Å². The molecule has 222 valence electrons. The fourth-order valence-corrected chi connectivity index (χ4v) is 6.39. The number of benzene rings is 5. The summed E-state index contributed by atoms with van der Waals surface area (Å²) in [5.41, 5.74) is 10.1. The van der Waals surface area contributed by atoms with Gasteiger partial charge in [-0.2, -0.15) is 0 Å². The molecule has 0 spiro atoms. The van der Waals surface area contributed by atoms with Crippen LogP contribution in [0.2, 0.25) is 0 Å². The first kappa shape index (κ1) is 27.0. The summed E-state index contributed by atoms with van der Waals surface area (Å²) in [6, 6.07) is 43.6. The molecule has 5 aromatic carbocycles. The van der Waals surface area contributed by atoms with Gasteiger partial charge in [0.2, 0.25) is 5.88 Å². The maximum atomic E-state index is 6.56. The van der Waals surface area contributed by atoms with E-state index in [0.717, 1.165) is 55.8 Å². The first-order valence-corrected chi connectivity index (χ1v) is 15.7. The maximum Gasteiger partial charge on any atom is 0.202 e. The SMILES string of the molecule is C1=CC2=Cc3c(oc4cc(-c5ccccc5)cc(-c5nc(-c6ccccc6)nc(-c6ccc(-c7ccccc7)cc6)n5)c34)NC2C=C1. The summed E-state index contributed by atoms with van der Waals surface area (Å²) in [5.74, 6) is 2.56. The van der Waals surface area contributed by atoms with E-state index in [4.69, 9.17) is 19.4 Å². The lowest BCUT2D eigenvalue weighted by atomic mass is 9.93. The summed E-state index contributed by atoms with van der Waals surface area (Å²) in [6.07, 6.45) is 10.6. The average Bonchev–Trinajstić information content (AvgIpc) is 3.51. The van der Waals surface area contributed by atoms with Crippen molar-refractivity contribution >= 4 is 22.9 Å². The summed E-state index contributed by atoms with van der Waals surface area (Å²) < 4.78 is 6.56. The van der Waals surface area contributed by atoms with Crippen LogP contribution in [0.3, 0.4) is 0 Å². The van der Waals surface area contributed by atoms with Crippen LogP contribution >= 0.6 is 0 Å². The van der Waals surface area contributed by atoms with Crippen LogP contribution in [0.5, 0.6) is 0 Å². The van der Waals surface area contributed by atoms with Gasteiger partial charge in [0.15, 0.2) is 17.5 Å². The van der Waals surface area contributed by atoms with Crippen LogP contribution in [0.25, 0.3) is 73.5 Å². The summed E-state index contributed by atoms with van der Waals surface area (Å²) in [6.45, 7) is 0. The summed E-state index contributed by atoms with van der Waals surface area (Å²) in [7, 11) is 0. The summed E-state index contributed by atoms with van der Waals surface area (Å²) in [4.78, 5) is 15.3. The molecule has 1 aliphatic heterocycles. The smallest absolute Gasteiger partial charge is 0.202 e. The number of furan rings is 1. The minimum atomic E-state index is 0.0671. The van der Waals surface area contributed by atoms with Crippen LogP contribution in [-0.4, -0.2) is 21.0 Å². The highest BCUT2D eigenvalue weighted by Crippen LogP contribution is 2.44. The third kappa shape index (κ3) is 4.95. The number of hydrogen-bond donors (Lipinski definition) is 1. The molecule has 9 rings (SSSR count). The monoisotopic (exact) mass is 604 g/mol. The van der Waals surface area contributed by atoms with Gasteiger partial charge < -0.3 is 9.73 Å². The number of nitrogens with one attached hydrogen (secondary N) is 1. The maximum absolute atomic E-state index is 6.56. The van der Waals surface area contributed by atoms with Crippen molar-refractivity contribution in [2.75, 3.05) is 5.32 Å². The Kier molecular flexibility index (Phi) is 6.46. The van der Waals surface area contributed by atoms with Gasteiger partial charge in [-0.15, -0.1) is 0 Å². The molecule has 2 aromatic heterocycles. The second-order valence-corrected chi connectivity index (χ2v) is 11.7. The van der Waals surface area contributed by atoms with E-state index < -0.39 is 0 Å². The van der Waals surface area contributed by atoms with Gasteiger partial charge in [0.1, 0.15) is 5.58 Å². The van der Waals surface area contributed by atoms with Crippen LogP contribution in [0.4, 0.5) is 5.88 Å². The zero-order valence-corrected chi connectivity index (χ0v) is 25.3. The predicted molar refractivity (Wildman–Crippen MR) is 190 cm³/mol. The molecule has 47 heavy (non-hydrogen) atoms. The minimum Gasteiger partial charge on any atom is -0.440 e. The minimum absolute atomic E-state index is 0.0671. The lowest BCUT2D eigenvalue weighted by Crippen LogP contribution is -2.22. The quantitative estimate of drug-likeness (QED) is 0.212. The molecule has 0 bridgehead atoms. The molecule has 1 atom stereocenters. The third-order valence-electron chi connectivity index (χ3n) is 8.75. The fraction of sp³-hybridized carbons (Fsp3) is 0.0238. The molecule has 7 aromatic rings. The van der Waals surface area contributed by atoms with Gasteiger partial charge in [0, 0.05) is 27.6 Å². The highest BCUT2D eigenvalue weighted by Gasteiger charge is 2.27. The normalized spacial score (nSPS) is 14.7. The van der Waals surface area contributed by atoms with E-state index >= 15 is 0 Å². The largest absolute Gasteiger partial charge is 0.440 e. The number of fused-ring (bicyclic) bond motifs is 4. The van der Waals surface area contributed by atoms with E-state index in [1.165, 1.54) is 11.1 Å². The standard InChI is InChI=1S/C42H28N4O/c1-4-12-27(13-5-1)29-20-22-31(23-21-29)40-44-39(30-16-8-3-9-17-30)45-41(46-40)34-25-33(28-14-6-2-7-15-28)26-37-38(34)35-24-32-18-10-11-19-36(32)43-42(35)47-37/h1-26,36,43H. The van der Waals surface area contributed by atoms with Gasteiger partial charge in [0.05, 0.1) is 6.04 Å². The highest BCUT2D eigenvalue weighted by molar-refractivity contribution is 6.05. The van der Waals surface area contributed by atoms with Gasteiger partial charge in [-0.05, 0) is 46.0 Å². The van der Waals surface area contributed by atoms with Crippen molar-refractivity contribution in [3.63, 3.8) is 0 Å². The zero-order valence-electron chi connectivity index (χ0n) is 25.3. The Hall–Kier alpha value is -6.33. The first-order chi connectivity index (χ1) is 23.3. The van der Waals surface area contributed by atoms with Crippen molar-refractivity contribution in [2.24, 2.45) is 0 Å². The van der Waals surface area contributed by atoms with E-state index in [-0.39, 0.29) is 6.04 Å². The van der Waals surface area contributed by atoms with Gasteiger partial charge in [-0.1, -0.05) is 140 Å². The van der Waals surface area contributed by atoms with E-state index in [2.05, 4.69) is 121 Å². The van der Waals surface area contributed by atoms with Crippen molar-refractivity contribution < 1.29 is 4.42 Å². The molecule has 1 unspecified atom stereocenters. The molecule has 1 aliphatic carbocycles. The summed E-state index contributed by atoms with van der Waals surface area (Å²) in [5, 5.41) is 4.56. The lowest BCUT2D eigenvalue weighted by Gasteiger charge is -2.22. The Morgan fingerprint density at radius 2 is 1.09 bits per heavy atom. The molecule has 2 aliphatic rings. The Morgan fingerprint density at radius 3 is 1.77 bits per heavy atom. The zero-order chi connectivity index (χ0) is 31.2. The molecule has 5 nitrogen and oxygen atoms in total. The van der Waals surface area contributed by atoms with E-state index in [1.807, 2.05) is 42.5 Å². The van der Waals surface area contributed by atoms with E-state index in [1.54, 1.807) is 0 Å². The Labute approximate surface area is 272 Å². The number of aromatic nitrogens is 3. The van der Waals surface area contributed by atoms with Crippen LogP contribution in [0.1, 0.15) is 5.56 Å². The average molecular weight is 605 g/mol. The van der Waals surface area contributed by atoms with Crippen LogP contribution in [0.15, 0.2) is 162 Å². The Balaban J connectivity index is 1.27. The molecular formula is C42H28N4O. The summed E-state index contributed by atoms with van der Waals surface area (Å²) >= 11 is 0. The van der Waals surface area contributed by atoms with Crippen molar-refractivity contribution in [2.45, 2.75) is 6.04 Å². The van der Waals surface area contributed by atoms with Crippen LogP contribution in [0, 0.1) is 0 Å². The Morgan fingerprint density at radius 1 is 0.532 bits per heavy atom. The predicted octanol–water partition coefficient (Wildman–Crippen LogP) is 10.3. The topological polar surface area (TPSA) is 63.8 Å². The number of rotatable bonds is 5. The van der Waals surface area contributed by atoms with Gasteiger partial charge in [-0.25, -0.2) is 15.0 Å². The molecule has 1 N–H and O–H groups in total. The van der Waals surface area contributed by atoms with Crippen molar-refractivity contribution in [3.05, 3.63) is 163 Å². The van der Waals surface area contributed by atoms with Crippen LogP contribution < -0.4 is 5.32 Å². The fourth-order valence-electron chi connectivity index (χ4n) is 6.39. The highest BCUT2D eigenvalue weighted by atomic mass is 16.4. The van der Waals surface area contributed by atoms with Crippen molar-refractivity contribution in [1.29, 1.82) is 0 Å². The molecule has 5 heteroatoms.